The van der Waals surface area contributed by atoms with Crippen molar-refractivity contribution in [2.45, 2.75) is 13.0 Å². The van der Waals surface area contributed by atoms with E-state index < -0.39 is 0 Å². The third kappa shape index (κ3) is 3.49. The number of aromatic nitrogens is 3. The van der Waals surface area contributed by atoms with Gasteiger partial charge in [0, 0.05) is 28.4 Å². The monoisotopic (exact) mass is 502 g/mol. The van der Waals surface area contributed by atoms with Crippen LogP contribution >= 0.6 is 34.5 Å². The van der Waals surface area contributed by atoms with Crippen LogP contribution in [0.25, 0.3) is 22.2 Å². The van der Waals surface area contributed by atoms with Gasteiger partial charge in [-0.3, -0.25) is 18.0 Å². The SMILES string of the molecule is C[C@H](c1ccc(Cl)cc1)N(I)C(=O)c1cccc2c(-c3ccncc3)n[nH]c12. The Morgan fingerprint density at radius 2 is 1.82 bits per heavy atom. The Morgan fingerprint density at radius 3 is 2.54 bits per heavy atom. The molecule has 0 aliphatic rings. The fraction of sp³-hybridized carbons (Fsp3) is 0.0952. The number of halogens is 2. The summed E-state index contributed by atoms with van der Waals surface area (Å²) in [5.41, 5.74) is 4.08. The molecule has 4 rings (SSSR count). The Labute approximate surface area is 181 Å². The lowest BCUT2D eigenvalue weighted by molar-refractivity contribution is 0.0863. The number of hydrogen-bond acceptors (Lipinski definition) is 3. The molecule has 1 N–H and O–H groups in total. The van der Waals surface area contributed by atoms with E-state index in [1.54, 1.807) is 15.5 Å². The first-order valence-corrected chi connectivity index (χ1v) is 10.0. The van der Waals surface area contributed by atoms with Crippen LogP contribution in [0.2, 0.25) is 5.02 Å². The van der Waals surface area contributed by atoms with Gasteiger partial charge >= 0.3 is 0 Å². The van der Waals surface area contributed by atoms with Crippen molar-refractivity contribution in [3.05, 3.63) is 83.1 Å². The fourth-order valence-electron chi connectivity index (χ4n) is 3.11. The van der Waals surface area contributed by atoms with Crippen LogP contribution in [0.3, 0.4) is 0 Å². The lowest BCUT2D eigenvalue weighted by Crippen LogP contribution is -2.24. The molecule has 7 heteroatoms. The number of carbonyl (C=O) groups excluding carboxylic acids is 1. The summed E-state index contributed by atoms with van der Waals surface area (Å²) in [5, 5.41) is 9.06. The summed E-state index contributed by atoms with van der Waals surface area (Å²) in [6, 6.07) is 16.9. The minimum absolute atomic E-state index is 0.0846. The average Bonchev–Trinajstić information content (AvgIpc) is 3.17. The number of rotatable bonds is 4. The molecule has 0 aliphatic carbocycles. The number of H-pyrrole nitrogens is 1. The normalized spacial score (nSPS) is 12.1. The minimum atomic E-state index is -0.108. The van der Waals surface area contributed by atoms with Gasteiger partial charge in [-0.1, -0.05) is 35.9 Å². The van der Waals surface area contributed by atoms with Gasteiger partial charge in [0.05, 0.1) is 40.0 Å². The van der Waals surface area contributed by atoms with Gasteiger partial charge in [-0.05, 0) is 42.8 Å². The first kappa shape index (κ1) is 18.9. The number of carbonyl (C=O) groups is 1. The van der Waals surface area contributed by atoms with Gasteiger partial charge in [-0.2, -0.15) is 5.10 Å². The molecule has 28 heavy (non-hydrogen) atoms. The van der Waals surface area contributed by atoms with Gasteiger partial charge in [-0.15, -0.1) is 0 Å². The van der Waals surface area contributed by atoms with Crippen LogP contribution in [0.1, 0.15) is 28.9 Å². The zero-order chi connectivity index (χ0) is 19.7. The number of amides is 1. The smallest absolute Gasteiger partial charge is 0.265 e. The van der Waals surface area contributed by atoms with Gasteiger partial charge in [0.25, 0.3) is 5.91 Å². The van der Waals surface area contributed by atoms with Crippen molar-refractivity contribution in [2.24, 2.45) is 0 Å². The van der Waals surface area contributed by atoms with Crippen molar-refractivity contribution < 1.29 is 4.79 Å². The van der Waals surface area contributed by atoms with Crippen molar-refractivity contribution in [3.63, 3.8) is 0 Å². The molecule has 2 aromatic carbocycles. The third-order valence-corrected chi connectivity index (χ3v) is 6.20. The Hall–Kier alpha value is -2.45. The van der Waals surface area contributed by atoms with Gasteiger partial charge in [0.2, 0.25) is 0 Å². The molecule has 1 atom stereocenters. The molecule has 0 saturated carbocycles. The highest BCUT2D eigenvalue weighted by Gasteiger charge is 2.23. The van der Waals surface area contributed by atoms with Crippen LogP contribution in [-0.2, 0) is 0 Å². The average molecular weight is 503 g/mol. The molecule has 5 nitrogen and oxygen atoms in total. The summed E-state index contributed by atoms with van der Waals surface area (Å²) in [6.45, 7) is 1.99. The van der Waals surface area contributed by atoms with Crippen LogP contribution in [-0.4, -0.2) is 24.2 Å². The summed E-state index contributed by atoms with van der Waals surface area (Å²) in [6.07, 6.45) is 3.45. The molecule has 0 aliphatic heterocycles. The Morgan fingerprint density at radius 1 is 1.11 bits per heavy atom. The molecule has 0 saturated heterocycles. The molecule has 0 bridgehead atoms. The number of pyridine rings is 1. The molecule has 0 radical (unpaired) electrons. The summed E-state index contributed by atoms with van der Waals surface area (Å²) in [4.78, 5) is 17.3. The maximum absolute atomic E-state index is 13.2. The van der Waals surface area contributed by atoms with Gasteiger partial charge in [-0.25, -0.2) is 0 Å². The summed E-state index contributed by atoms with van der Waals surface area (Å²) >= 11 is 8.04. The predicted molar refractivity (Wildman–Crippen MR) is 119 cm³/mol. The van der Waals surface area contributed by atoms with E-state index in [0.29, 0.717) is 10.6 Å². The topological polar surface area (TPSA) is 61.9 Å². The maximum Gasteiger partial charge on any atom is 0.265 e. The first-order chi connectivity index (χ1) is 13.6. The van der Waals surface area contributed by atoms with Crippen LogP contribution in [0.15, 0.2) is 67.0 Å². The van der Waals surface area contributed by atoms with Crippen molar-refractivity contribution in [1.82, 2.24) is 18.3 Å². The van der Waals surface area contributed by atoms with Crippen LogP contribution in [0.5, 0.6) is 0 Å². The summed E-state index contributed by atoms with van der Waals surface area (Å²) in [5.74, 6) is -0.0846. The molecule has 2 aromatic heterocycles. The van der Waals surface area contributed by atoms with Crippen molar-refractivity contribution in [2.75, 3.05) is 0 Å². The number of para-hydroxylation sites is 1. The van der Waals surface area contributed by atoms with E-state index in [1.165, 1.54) is 0 Å². The highest BCUT2D eigenvalue weighted by molar-refractivity contribution is 14.1. The lowest BCUT2D eigenvalue weighted by Gasteiger charge is -2.23. The van der Waals surface area contributed by atoms with E-state index in [9.17, 15) is 4.79 Å². The van der Waals surface area contributed by atoms with Crippen LogP contribution in [0.4, 0.5) is 0 Å². The van der Waals surface area contributed by atoms with E-state index in [-0.39, 0.29) is 11.9 Å². The third-order valence-electron chi connectivity index (χ3n) is 4.67. The maximum atomic E-state index is 13.2. The molecule has 0 unspecified atom stereocenters. The van der Waals surface area contributed by atoms with Crippen molar-refractivity contribution in [1.29, 1.82) is 0 Å². The number of fused-ring (bicyclic) bond motifs is 1. The predicted octanol–water partition coefficient (Wildman–Crippen LogP) is 5.83. The second-order valence-corrected chi connectivity index (χ2v) is 7.86. The number of aromatic amines is 1. The first-order valence-electron chi connectivity index (χ1n) is 8.68. The molecular weight excluding hydrogens is 487 g/mol. The van der Waals surface area contributed by atoms with E-state index in [0.717, 1.165) is 27.7 Å². The van der Waals surface area contributed by atoms with Gasteiger partial charge < -0.3 is 0 Å². The number of hydrogen-bond donors (Lipinski definition) is 1. The van der Waals surface area contributed by atoms with E-state index in [4.69, 9.17) is 11.6 Å². The number of nitrogens with one attached hydrogen (secondary N) is 1. The Balaban J connectivity index is 1.69. The lowest BCUT2D eigenvalue weighted by atomic mass is 10.0. The van der Waals surface area contributed by atoms with Gasteiger partial charge in [0.15, 0.2) is 0 Å². The molecule has 0 fully saturated rings. The largest absolute Gasteiger partial charge is 0.276 e. The molecule has 140 valence electrons. The zero-order valence-electron chi connectivity index (χ0n) is 14.9. The van der Waals surface area contributed by atoms with Crippen molar-refractivity contribution in [3.8, 4) is 11.3 Å². The number of benzene rings is 2. The Bertz CT molecular complexity index is 1130. The molecule has 2 heterocycles. The standard InChI is InChI=1S/C21H16ClIN4O/c1-13(14-5-7-16(22)8-6-14)27(23)21(28)18-4-2-3-17-19(25-26-20(17)18)15-9-11-24-12-10-15/h2-13H,1H3,(H,25,26)/t13-/m1/s1. The van der Waals surface area contributed by atoms with Crippen LogP contribution in [0, 0.1) is 0 Å². The molecular formula is C21H16ClIN4O. The van der Waals surface area contributed by atoms with E-state index in [2.05, 4.69) is 38.0 Å². The molecule has 4 aromatic rings. The van der Waals surface area contributed by atoms with E-state index >= 15 is 0 Å². The molecule has 1 amide bonds. The second-order valence-electron chi connectivity index (χ2n) is 6.38. The van der Waals surface area contributed by atoms with Crippen molar-refractivity contribution >= 4 is 51.3 Å². The summed E-state index contributed by atoms with van der Waals surface area (Å²) < 4.78 is 1.70. The quantitative estimate of drug-likeness (QED) is 0.282. The highest BCUT2D eigenvalue weighted by Crippen LogP contribution is 2.31. The van der Waals surface area contributed by atoms with Crippen LogP contribution < -0.4 is 0 Å². The number of nitrogens with zero attached hydrogens (tertiary/aromatic N) is 3. The highest BCUT2D eigenvalue weighted by atomic mass is 127. The zero-order valence-corrected chi connectivity index (χ0v) is 17.8. The molecule has 0 spiro atoms. The Kier molecular flexibility index (Phi) is 5.32. The van der Waals surface area contributed by atoms with Gasteiger partial charge in [0.1, 0.15) is 5.69 Å². The van der Waals surface area contributed by atoms with E-state index in [1.807, 2.05) is 61.5 Å². The fourth-order valence-corrected chi connectivity index (χ4v) is 3.82. The summed E-state index contributed by atoms with van der Waals surface area (Å²) in [7, 11) is 0. The minimum Gasteiger partial charge on any atom is -0.276 e. The second kappa shape index (κ2) is 7.89.